The molecule has 0 aromatic heterocycles. The highest BCUT2D eigenvalue weighted by atomic mass is 16.5. The smallest absolute Gasteiger partial charge is 0.303 e. The van der Waals surface area contributed by atoms with Crippen LogP contribution in [-0.4, -0.2) is 17.0 Å². The van der Waals surface area contributed by atoms with E-state index in [1.165, 1.54) is 11.1 Å². The molecule has 0 spiro atoms. The molecule has 0 fully saturated rings. The predicted octanol–water partition coefficient (Wildman–Crippen LogP) is 5.25. The Kier molecular flexibility index (Phi) is 8.53. The number of nitrogens with one attached hydrogen (secondary N) is 1. The highest BCUT2D eigenvalue weighted by molar-refractivity contribution is 5.90. The van der Waals surface area contributed by atoms with Crippen molar-refractivity contribution in [2.75, 3.05) is 5.32 Å². The highest BCUT2D eigenvalue weighted by Crippen LogP contribution is 2.18. The number of aryl methyl sites for hydroxylation is 2. The molecule has 150 valence electrons. The van der Waals surface area contributed by atoms with E-state index in [0.717, 1.165) is 36.3 Å². The molecule has 0 aliphatic rings. The maximum Gasteiger partial charge on any atom is 0.303 e. The first-order chi connectivity index (χ1) is 13.4. The van der Waals surface area contributed by atoms with Gasteiger partial charge in [-0.15, -0.1) is 0 Å². The minimum atomic E-state index is -0.765. The number of carboxylic acid groups (broad SMARTS) is 1. The molecule has 0 saturated carbocycles. The largest absolute Gasteiger partial charge is 0.489 e. The highest BCUT2D eigenvalue weighted by Gasteiger charge is 2.04. The molecule has 0 radical (unpaired) electrons. The molecule has 2 rings (SSSR count). The van der Waals surface area contributed by atoms with Gasteiger partial charge in [-0.3, -0.25) is 9.59 Å². The van der Waals surface area contributed by atoms with Gasteiger partial charge in [0, 0.05) is 18.5 Å². The Labute approximate surface area is 166 Å². The normalized spacial score (nSPS) is 10.5. The molecule has 1 amide bonds. The van der Waals surface area contributed by atoms with Crippen molar-refractivity contribution in [3.63, 3.8) is 0 Å². The second-order valence-corrected chi connectivity index (χ2v) is 7.17. The second-order valence-electron chi connectivity index (χ2n) is 7.17. The topological polar surface area (TPSA) is 75.6 Å². The van der Waals surface area contributed by atoms with Crippen molar-refractivity contribution in [2.45, 2.75) is 59.0 Å². The summed E-state index contributed by atoms with van der Waals surface area (Å²) in [6, 6.07) is 13.7. The molecule has 0 heterocycles. The van der Waals surface area contributed by atoms with Crippen molar-refractivity contribution in [1.29, 1.82) is 0 Å². The van der Waals surface area contributed by atoms with Crippen LogP contribution in [0.15, 0.2) is 42.5 Å². The molecule has 28 heavy (non-hydrogen) atoms. The fourth-order valence-corrected chi connectivity index (χ4v) is 3.09. The van der Waals surface area contributed by atoms with Gasteiger partial charge in [-0.25, -0.2) is 0 Å². The zero-order valence-corrected chi connectivity index (χ0v) is 16.7. The number of hydrogen-bond donors (Lipinski definition) is 2. The number of carbonyl (C=O) groups is 2. The van der Waals surface area contributed by atoms with Crippen LogP contribution in [0, 0.1) is 13.8 Å². The monoisotopic (exact) mass is 383 g/mol. The molecule has 0 unspecified atom stereocenters. The van der Waals surface area contributed by atoms with Gasteiger partial charge in [-0.05, 0) is 56.5 Å². The SMILES string of the molecule is Cc1cc(C)cc(COc2ccc(NC(=O)CCCCCCC(=O)O)cc2)c1. The zero-order chi connectivity index (χ0) is 20.4. The van der Waals surface area contributed by atoms with Crippen molar-refractivity contribution < 1.29 is 19.4 Å². The van der Waals surface area contributed by atoms with E-state index in [0.29, 0.717) is 19.4 Å². The Morgan fingerprint density at radius 1 is 0.893 bits per heavy atom. The zero-order valence-electron chi connectivity index (χ0n) is 16.7. The van der Waals surface area contributed by atoms with Crippen LogP contribution in [0.3, 0.4) is 0 Å². The molecular formula is C23H29NO4. The summed E-state index contributed by atoms with van der Waals surface area (Å²) in [4.78, 5) is 22.4. The summed E-state index contributed by atoms with van der Waals surface area (Å²) in [5.41, 5.74) is 4.32. The minimum absolute atomic E-state index is 0.0258. The summed E-state index contributed by atoms with van der Waals surface area (Å²) in [6.07, 6.45) is 3.78. The molecule has 2 N–H and O–H groups in total. The van der Waals surface area contributed by atoms with Crippen molar-refractivity contribution in [2.24, 2.45) is 0 Å². The maximum atomic E-state index is 12.0. The van der Waals surface area contributed by atoms with Crippen LogP contribution in [0.1, 0.15) is 55.2 Å². The van der Waals surface area contributed by atoms with Crippen molar-refractivity contribution >= 4 is 17.6 Å². The lowest BCUT2D eigenvalue weighted by atomic mass is 10.1. The Hall–Kier alpha value is -2.82. The third-order valence-electron chi connectivity index (χ3n) is 4.37. The van der Waals surface area contributed by atoms with Gasteiger partial charge < -0.3 is 15.2 Å². The van der Waals surface area contributed by atoms with E-state index in [4.69, 9.17) is 9.84 Å². The third kappa shape index (κ3) is 8.25. The van der Waals surface area contributed by atoms with Crippen LogP contribution in [0.4, 0.5) is 5.69 Å². The molecule has 5 nitrogen and oxygen atoms in total. The quantitative estimate of drug-likeness (QED) is 0.520. The molecule has 0 atom stereocenters. The van der Waals surface area contributed by atoms with Gasteiger partial charge in [0.1, 0.15) is 12.4 Å². The minimum Gasteiger partial charge on any atom is -0.489 e. The molecule has 2 aromatic carbocycles. The van der Waals surface area contributed by atoms with E-state index in [1.54, 1.807) is 0 Å². The van der Waals surface area contributed by atoms with E-state index in [2.05, 4.69) is 37.4 Å². The lowest BCUT2D eigenvalue weighted by Crippen LogP contribution is -2.11. The fourth-order valence-electron chi connectivity index (χ4n) is 3.09. The number of carboxylic acids is 1. The predicted molar refractivity (Wildman–Crippen MR) is 111 cm³/mol. The number of rotatable bonds is 11. The van der Waals surface area contributed by atoms with E-state index in [9.17, 15) is 9.59 Å². The van der Waals surface area contributed by atoms with Crippen molar-refractivity contribution in [3.05, 3.63) is 59.2 Å². The Morgan fingerprint density at radius 3 is 2.11 bits per heavy atom. The first kappa shape index (κ1) is 21.5. The van der Waals surface area contributed by atoms with Crippen LogP contribution in [-0.2, 0) is 16.2 Å². The molecule has 0 saturated heterocycles. The van der Waals surface area contributed by atoms with Gasteiger partial charge in [0.05, 0.1) is 0 Å². The Balaban J connectivity index is 1.70. The van der Waals surface area contributed by atoms with Gasteiger partial charge in [0.25, 0.3) is 0 Å². The molecular weight excluding hydrogens is 354 g/mol. The van der Waals surface area contributed by atoms with Gasteiger partial charge in [0.2, 0.25) is 5.91 Å². The summed E-state index contributed by atoms with van der Waals surface area (Å²) in [5.74, 6) is -0.0307. The average Bonchev–Trinajstić information content (AvgIpc) is 2.63. The first-order valence-corrected chi connectivity index (χ1v) is 9.74. The van der Waals surface area contributed by atoms with Crippen LogP contribution in [0.2, 0.25) is 0 Å². The summed E-state index contributed by atoms with van der Waals surface area (Å²) < 4.78 is 5.83. The van der Waals surface area contributed by atoms with E-state index < -0.39 is 5.97 Å². The number of ether oxygens (including phenoxy) is 1. The van der Waals surface area contributed by atoms with Crippen molar-refractivity contribution in [3.8, 4) is 5.75 Å². The van der Waals surface area contributed by atoms with Crippen LogP contribution >= 0.6 is 0 Å². The molecule has 0 aliphatic carbocycles. The first-order valence-electron chi connectivity index (χ1n) is 9.74. The molecule has 0 bridgehead atoms. The average molecular weight is 383 g/mol. The van der Waals surface area contributed by atoms with E-state index >= 15 is 0 Å². The number of unbranched alkanes of at least 4 members (excludes halogenated alkanes) is 3. The van der Waals surface area contributed by atoms with Crippen LogP contribution < -0.4 is 10.1 Å². The van der Waals surface area contributed by atoms with Crippen molar-refractivity contribution in [1.82, 2.24) is 0 Å². The van der Waals surface area contributed by atoms with Gasteiger partial charge in [0.15, 0.2) is 0 Å². The fraction of sp³-hybridized carbons (Fsp3) is 0.391. The summed E-state index contributed by atoms with van der Waals surface area (Å²) in [7, 11) is 0. The maximum absolute atomic E-state index is 12.0. The standard InChI is InChI=1S/C23H29NO4/c1-17-13-18(2)15-19(14-17)16-28-21-11-9-20(10-12-21)24-22(25)7-5-3-4-6-8-23(26)27/h9-15H,3-8,16H2,1-2H3,(H,24,25)(H,26,27). The van der Waals surface area contributed by atoms with E-state index in [-0.39, 0.29) is 12.3 Å². The van der Waals surface area contributed by atoms with Crippen LogP contribution in [0.5, 0.6) is 5.75 Å². The third-order valence-corrected chi connectivity index (χ3v) is 4.37. The molecule has 2 aromatic rings. The summed E-state index contributed by atoms with van der Waals surface area (Å²) in [6.45, 7) is 4.66. The number of anilines is 1. The van der Waals surface area contributed by atoms with Crippen LogP contribution in [0.25, 0.3) is 0 Å². The number of benzene rings is 2. The Morgan fingerprint density at radius 2 is 1.50 bits per heavy atom. The van der Waals surface area contributed by atoms with Gasteiger partial charge in [-0.1, -0.05) is 42.2 Å². The molecule has 0 aliphatic heterocycles. The second kappa shape index (κ2) is 11.1. The lowest BCUT2D eigenvalue weighted by Gasteiger charge is -2.10. The van der Waals surface area contributed by atoms with Gasteiger partial charge >= 0.3 is 5.97 Å². The number of amides is 1. The lowest BCUT2D eigenvalue weighted by molar-refractivity contribution is -0.137. The number of carbonyl (C=O) groups excluding carboxylic acids is 1. The Bertz CT molecular complexity index is 763. The number of hydrogen-bond acceptors (Lipinski definition) is 3. The summed E-state index contributed by atoms with van der Waals surface area (Å²) in [5, 5.41) is 11.5. The number of aliphatic carboxylic acids is 1. The summed E-state index contributed by atoms with van der Waals surface area (Å²) >= 11 is 0. The molecule has 5 heteroatoms. The van der Waals surface area contributed by atoms with Gasteiger partial charge in [-0.2, -0.15) is 0 Å². The van der Waals surface area contributed by atoms with E-state index in [1.807, 2.05) is 24.3 Å².